The highest BCUT2D eigenvalue weighted by atomic mass is 15.1. The van der Waals surface area contributed by atoms with E-state index in [0.29, 0.717) is 6.54 Å². The summed E-state index contributed by atoms with van der Waals surface area (Å²) < 4.78 is 0. The summed E-state index contributed by atoms with van der Waals surface area (Å²) >= 11 is 0. The largest absolute Gasteiger partial charge is 0.329 e. The van der Waals surface area contributed by atoms with Crippen molar-refractivity contribution in [1.29, 1.82) is 0 Å². The van der Waals surface area contributed by atoms with E-state index in [9.17, 15) is 0 Å². The fraction of sp³-hybridized carbons (Fsp3) is 0.400. The lowest BCUT2D eigenvalue weighted by molar-refractivity contribution is 0.280. The van der Waals surface area contributed by atoms with E-state index >= 15 is 0 Å². The van der Waals surface area contributed by atoms with Crippen molar-refractivity contribution in [2.45, 2.75) is 38.5 Å². The molecule has 372 valence electrons. The molecule has 0 aromatic heterocycles. The van der Waals surface area contributed by atoms with E-state index < -0.39 is 0 Å². The van der Waals surface area contributed by atoms with Gasteiger partial charge in [0.05, 0.1) is 0 Å². The maximum Gasteiger partial charge on any atom is 0.0107 e. The second kappa shape index (κ2) is 39.8. The number of hydrogen-bond acceptors (Lipinski definition) is 9. The van der Waals surface area contributed by atoms with Crippen LogP contribution in [0.15, 0.2) is 182 Å². The van der Waals surface area contributed by atoms with Crippen LogP contribution in [-0.2, 0) is 38.5 Å². The monoisotopic (exact) mass is 934 g/mol. The summed E-state index contributed by atoms with van der Waals surface area (Å²) in [7, 11) is 0. The van der Waals surface area contributed by atoms with Crippen LogP contribution in [0.25, 0.3) is 0 Å². The third-order valence-electron chi connectivity index (χ3n) is 11.9. The van der Waals surface area contributed by atoms with E-state index in [2.05, 4.69) is 218 Å². The quantitative estimate of drug-likeness (QED) is 0.0218. The van der Waals surface area contributed by atoms with Crippen molar-refractivity contribution in [2.75, 3.05) is 118 Å². The second-order valence-electron chi connectivity index (χ2n) is 17.4. The Hall–Kier alpha value is -5.04. The van der Waals surface area contributed by atoms with Gasteiger partial charge in [-0.15, -0.1) is 0 Å². The molecule has 9 heteroatoms. The molecule has 0 amide bonds. The molecule has 0 heterocycles. The molecule has 6 rings (SSSR count). The minimum absolute atomic E-state index is 0.702. The van der Waals surface area contributed by atoms with Gasteiger partial charge in [0.1, 0.15) is 0 Å². The highest BCUT2D eigenvalue weighted by Crippen LogP contribution is 2.06. The van der Waals surface area contributed by atoms with Crippen LogP contribution in [0.1, 0.15) is 33.4 Å². The normalized spacial score (nSPS) is 11.0. The van der Waals surface area contributed by atoms with Crippen molar-refractivity contribution in [3.8, 4) is 0 Å². The van der Waals surface area contributed by atoms with Crippen molar-refractivity contribution < 1.29 is 0 Å². The summed E-state index contributed by atoms with van der Waals surface area (Å²) in [6.07, 6.45) is 6.58. The number of benzene rings is 6. The van der Waals surface area contributed by atoms with Gasteiger partial charge in [-0.1, -0.05) is 182 Å². The summed E-state index contributed by atoms with van der Waals surface area (Å²) in [6.45, 7) is 17.9. The van der Waals surface area contributed by atoms with Crippen LogP contribution in [0.3, 0.4) is 0 Å². The van der Waals surface area contributed by atoms with Gasteiger partial charge < -0.3 is 47.9 Å². The van der Waals surface area contributed by atoms with Gasteiger partial charge in [0.2, 0.25) is 0 Å². The van der Waals surface area contributed by atoms with Crippen LogP contribution in [0.5, 0.6) is 0 Å². The van der Waals surface area contributed by atoms with Gasteiger partial charge in [-0.05, 0) is 91.5 Å². The lowest BCUT2D eigenvalue weighted by Gasteiger charge is -2.22. The van der Waals surface area contributed by atoms with E-state index in [4.69, 9.17) is 11.5 Å². The molecule has 0 bridgehead atoms. The third kappa shape index (κ3) is 29.6. The lowest BCUT2D eigenvalue weighted by Crippen LogP contribution is -2.37. The Balaban J connectivity index is 0.000000225. The summed E-state index contributed by atoms with van der Waals surface area (Å²) in [5.74, 6) is 0. The number of rotatable bonds is 34. The van der Waals surface area contributed by atoms with Gasteiger partial charge in [-0.3, -0.25) is 0 Å². The molecular formula is C60H87N9. The zero-order chi connectivity index (χ0) is 48.3. The molecule has 0 atom stereocenters. The molecule has 0 fully saturated rings. The molecule has 0 aliphatic carbocycles. The maximum absolute atomic E-state index is 5.74. The van der Waals surface area contributed by atoms with Crippen molar-refractivity contribution in [2.24, 2.45) is 11.5 Å². The van der Waals surface area contributed by atoms with Crippen LogP contribution >= 0.6 is 0 Å². The predicted molar refractivity (Wildman–Crippen MR) is 296 cm³/mol. The Bertz CT molecular complexity index is 1900. The summed E-state index contributed by atoms with van der Waals surface area (Å²) in [5, 5.41) is 17.3. The van der Waals surface area contributed by atoms with Crippen LogP contribution in [-0.4, -0.2) is 128 Å². The van der Waals surface area contributed by atoms with E-state index in [1.54, 1.807) is 0 Å². The van der Waals surface area contributed by atoms with Crippen LogP contribution in [0.2, 0.25) is 0 Å². The minimum atomic E-state index is 0.702. The fourth-order valence-electron chi connectivity index (χ4n) is 7.84. The topological polar surface area (TPSA) is 119 Å². The van der Waals surface area contributed by atoms with E-state index in [1.807, 2.05) is 0 Å². The third-order valence-corrected chi connectivity index (χ3v) is 11.9. The van der Waals surface area contributed by atoms with Gasteiger partial charge in [-0.25, -0.2) is 0 Å². The molecule has 0 aliphatic heterocycles. The van der Waals surface area contributed by atoms with Crippen LogP contribution in [0, 0.1) is 0 Å². The van der Waals surface area contributed by atoms with E-state index in [1.165, 1.54) is 33.4 Å². The maximum atomic E-state index is 5.74. The Morgan fingerprint density at radius 3 is 0.768 bits per heavy atom. The van der Waals surface area contributed by atoms with Gasteiger partial charge in [-0.2, -0.15) is 0 Å². The van der Waals surface area contributed by atoms with Gasteiger partial charge in [0.15, 0.2) is 0 Å². The first-order valence-corrected chi connectivity index (χ1v) is 25.8. The summed E-state index contributed by atoms with van der Waals surface area (Å²) in [6, 6.07) is 64.0. The standard InChI is InChI=1S/3C20H29N3/c21-13-14-22-15-18-23(16-11-19-7-3-1-4-8-19)17-12-20-9-5-2-6-10-20;21-13-17-23(16-12-20-9-5-2-6-10-20)18-15-22-14-11-19-7-3-1-4-8-19;1-3-7-19(8-4-1)11-13-21-15-17-23-18-16-22-14-12-20-9-5-2-6-10-20/h2*1-10,22H,11-18,21H2;1-10,21-23H,11-18H2. The highest BCUT2D eigenvalue weighted by molar-refractivity contribution is 5.19. The van der Waals surface area contributed by atoms with Gasteiger partial charge in [0.25, 0.3) is 0 Å². The van der Waals surface area contributed by atoms with Crippen LogP contribution in [0.4, 0.5) is 0 Å². The van der Waals surface area contributed by atoms with Crippen molar-refractivity contribution in [3.05, 3.63) is 215 Å². The van der Waals surface area contributed by atoms with Crippen molar-refractivity contribution in [1.82, 2.24) is 36.4 Å². The number of nitrogens with two attached hydrogens (primary N) is 2. The fourth-order valence-corrected chi connectivity index (χ4v) is 7.84. The molecule has 0 saturated carbocycles. The Morgan fingerprint density at radius 1 is 0.232 bits per heavy atom. The molecule has 0 spiro atoms. The van der Waals surface area contributed by atoms with Gasteiger partial charge >= 0.3 is 0 Å². The lowest BCUT2D eigenvalue weighted by atomic mass is 10.1. The average Bonchev–Trinajstić information content (AvgIpc) is 3.41. The molecule has 6 aromatic carbocycles. The second-order valence-corrected chi connectivity index (χ2v) is 17.4. The number of nitrogens with one attached hydrogen (secondary N) is 5. The van der Waals surface area contributed by atoms with Crippen LogP contribution < -0.4 is 38.1 Å². The van der Waals surface area contributed by atoms with Crippen molar-refractivity contribution >= 4 is 0 Å². The molecule has 69 heavy (non-hydrogen) atoms. The first-order valence-electron chi connectivity index (χ1n) is 25.8. The summed E-state index contributed by atoms with van der Waals surface area (Å²) in [4.78, 5) is 4.99. The number of hydrogen-bond donors (Lipinski definition) is 7. The zero-order valence-electron chi connectivity index (χ0n) is 41.8. The molecule has 9 nitrogen and oxygen atoms in total. The van der Waals surface area contributed by atoms with E-state index in [0.717, 1.165) is 150 Å². The predicted octanol–water partition coefficient (Wildman–Crippen LogP) is 6.88. The van der Waals surface area contributed by atoms with E-state index in [-0.39, 0.29) is 0 Å². The molecule has 0 saturated heterocycles. The molecule has 9 N–H and O–H groups in total. The SMILES string of the molecule is NCCN(CCNCCc1ccccc1)CCc1ccccc1.NCCNCCN(CCc1ccccc1)CCc1ccccc1.c1ccc(CCNCCNCCNCCc2ccccc2)cc1. The minimum Gasteiger partial charge on any atom is -0.329 e. The molecule has 0 unspecified atom stereocenters. The first kappa shape index (κ1) is 56.5. The molecule has 6 aromatic rings. The highest BCUT2D eigenvalue weighted by Gasteiger charge is 2.07. The smallest absolute Gasteiger partial charge is 0.0107 e. The zero-order valence-corrected chi connectivity index (χ0v) is 41.8. The first-order chi connectivity index (χ1) is 34.2. The van der Waals surface area contributed by atoms with Crippen molar-refractivity contribution in [3.63, 3.8) is 0 Å². The molecular weight excluding hydrogens is 847 g/mol. The Labute approximate surface area is 417 Å². The molecule has 0 radical (unpaired) electrons. The Kier molecular flexibility index (Phi) is 32.6. The van der Waals surface area contributed by atoms with Gasteiger partial charge in [0, 0.05) is 98.2 Å². The molecule has 0 aliphatic rings. The number of nitrogens with zero attached hydrogens (tertiary/aromatic N) is 2. The summed E-state index contributed by atoms with van der Waals surface area (Å²) in [5.41, 5.74) is 19.7. The Morgan fingerprint density at radius 2 is 0.478 bits per heavy atom. The average molecular weight is 934 g/mol.